The Morgan fingerprint density at radius 3 is 2.19 bits per heavy atom. The molecule has 1 rings (SSSR count). The highest BCUT2D eigenvalue weighted by molar-refractivity contribution is 5.99. The van der Waals surface area contributed by atoms with Crippen molar-refractivity contribution in [3.8, 4) is 0 Å². The van der Waals surface area contributed by atoms with Crippen LogP contribution >= 0.6 is 0 Å². The maximum Gasteiger partial charge on any atom is 0.331 e. The normalized spacial score (nSPS) is 10.3. The zero-order valence-corrected chi connectivity index (χ0v) is 11.6. The van der Waals surface area contributed by atoms with Crippen molar-refractivity contribution in [2.45, 2.75) is 0 Å². The largest absolute Gasteiger partial charge is 0.460 e. The molecule has 0 fully saturated rings. The van der Waals surface area contributed by atoms with E-state index in [1.165, 1.54) is 7.11 Å². The summed E-state index contributed by atoms with van der Waals surface area (Å²) in [4.78, 5) is 34.1. The van der Waals surface area contributed by atoms with Crippen LogP contribution in [0.5, 0.6) is 0 Å². The van der Waals surface area contributed by atoms with E-state index in [1.807, 2.05) is 0 Å². The van der Waals surface area contributed by atoms with Crippen LogP contribution < -0.4 is 0 Å². The summed E-state index contributed by atoms with van der Waals surface area (Å²) in [6.45, 7) is -0.0112. The number of hydrogen-bond donors (Lipinski definition) is 0. The lowest BCUT2D eigenvalue weighted by molar-refractivity contribution is -0.140. The highest BCUT2D eigenvalue weighted by atomic mass is 16.6. The molecule has 0 saturated carbocycles. The average Bonchev–Trinajstić information content (AvgIpc) is 2.51. The molecule has 112 valence electrons. The van der Waals surface area contributed by atoms with Gasteiger partial charge in [0, 0.05) is 24.8 Å². The summed E-state index contributed by atoms with van der Waals surface area (Å²) in [5, 5.41) is 0. The molecule has 1 aromatic carbocycles. The topological polar surface area (TPSA) is 78.9 Å². The van der Waals surface area contributed by atoms with Crippen LogP contribution in [0.4, 0.5) is 0 Å². The molecule has 0 N–H and O–H groups in total. The molecule has 6 heteroatoms. The number of Topliss-reactive ketones (excluding diaryl/α,β-unsaturated/α-hetero) is 1. The smallest absolute Gasteiger partial charge is 0.331 e. The Balaban J connectivity index is 2.30. The van der Waals surface area contributed by atoms with Crippen molar-refractivity contribution in [1.82, 2.24) is 0 Å². The summed E-state index contributed by atoms with van der Waals surface area (Å²) in [5.41, 5.74) is 0.452. The van der Waals surface area contributed by atoms with Crippen LogP contribution in [-0.4, -0.2) is 44.7 Å². The maximum absolute atomic E-state index is 11.7. The van der Waals surface area contributed by atoms with Gasteiger partial charge in [-0.25, -0.2) is 9.59 Å². The van der Waals surface area contributed by atoms with Crippen LogP contribution in [-0.2, 0) is 23.8 Å². The Morgan fingerprint density at radius 2 is 1.57 bits per heavy atom. The van der Waals surface area contributed by atoms with Crippen LogP contribution in [0.3, 0.4) is 0 Å². The van der Waals surface area contributed by atoms with Crippen molar-refractivity contribution < 1.29 is 28.6 Å². The molecular weight excluding hydrogens is 276 g/mol. The number of hydrogen-bond acceptors (Lipinski definition) is 6. The van der Waals surface area contributed by atoms with E-state index >= 15 is 0 Å². The third-order valence-corrected chi connectivity index (χ3v) is 2.33. The van der Waals surface area contributed by atoms with Gasteiger partial charge in [0.05, 0.1) is 6.61 Å². The molecule has 0 amide bonds. The standard InChI is InChI=1S/C15H16O6/c1-19-9-10-20-14(17)7-8-15(18)21-11-13(16)12-5-3-2-4-6-12/h2-8H,9-11H2,1H3/b8-7+. The summed E-state index contributed by atoms with van der Waals surface area (Å²) in [7, 11) is 1.48. The first kappa shape index (κ1) is 16.6. The van der Waals surface area contributed by atoms with Crippen molar-refractivity contribution in [2.75, 3.05) is 26.9 Å². The molecule has 0 bridgehead atoms. The Kier molecular flexibility index (Phi) is 7.45. The van der Waals surface area contributed by atoms with E-state index in [1.54, 1.807) is 30.3 Å². The number of carbonyl (C=O) groups excluding carboxylic acids is 3. The minimum atomic E-state index is -0.789. The first-order valence-corrected chi connectivity index (χ1v) is 6.22. The Labute approximate surface area is 122 Å². The van der Waals surface area contributed by atoms with Gasteiger partial charge < -0.3 is 14.2 Å². The Morgan fingerprint density at radius 1 is 0.952 bits per heavy atom. The van der Waals surface area contributed by atoms with Gasteiger partial charge in [0.15, 0.2) is 12.4 Å². The van der Waals surface area contributed by atoms with Gasteiger partial charge in [-0.2, -0.15) is 0 Å². The van der Waals surface area contributed by atoms with E-state index in [2.05, 4.69) is 0 Å². The van der Waals surface area contributed by atoms with E-state index in [0.717, 1.165) is 12.2 Å². The lowest BCUT2D eigenvalue weighted by atomic mass is 10.1. The van der Waals surface area contributed by atoms with Gasteiger partial charge in [-0.15, -0.1) is 0 Å². The molecule has 0 aliphatic carbocycles. The van der Waals surface area contributed by atoms with Gasteiger partial charge in [-0.05, 0) is 0 Å². The summed E-state index contributed by atoms with van der Waals surface area (Å²) >= 11 is 0. The molecule has 0 unspecified atom stereocenters. The number of benzene rings is 1. The Bertz CT molecular complexity index is 506. The molecule has 0 radical (unpaired) electrons. The second kappa shape index (κ2) is 9.44. The molecule has 0 saturated heterocycles. The molecule has 21 heavy (non-hydrogen) atoms. The summed E-state index contributed by atoms with van der Waals surface area (Å²) in [6, 6.07) is 8.45. The molecule has 0 aliphatic rings. The molecule has 0 atom stereocenters. The van der Waals surface area contributed by atoms with Gasteiger partial charge >= 0.3 is 11.9 Å². The van der Waals surface area contributed by atoms with Crippen molar-refractivity contribution in [3.05, 3.63) is 48.0 Å². The van der Waals surface area contributed by atoms with Crippen molar-refractivity contribution in [2.24, 2.45) is 0 Å². The predicted molar refractivity (Wildman–Crippen MR) is 73.7 cm³/mol. The highest BCUT2D eigenvalue weighted by Gasteiger charge is 2.08. The molecule has 0 heterocycles. The van der Waals surface area contributed by atoms with Crippen LogP contribution in [0.25, 0.3) is 0 Å². The minimum absolute atomic E-state index is 0.0984. The molecular formula is C15H16O6. The molecule has 1 aromatic rings. The van der Waals surface area contributed by atoms with Crippen LogP contribution in [0.1, 0.15) is 10.4 Å². The second-order valence-electron chi connectivity index (χ2n) is 3.89. The maximum atomic E-state index is 11.7. The number of ketones is 1. The van der Waals surface area contributed by atoms with E-state index in [4.69, 9.17) is 14.2 Å². The van der Waals surface area contributed by atoms with Crippen molar-refractivity contribution in [1.29, 1.82) is 0 Å². The van der Waals surface area contributed by atoms with Crippen molar-refractivity contribution >= 4 is 17.7 Å². The number of carbonyl (C=O) groups is 3. The van der Waals surface area contributed by atoms with E-state index < -0.39 is 11.9 Å². The van der Waals surface area contributed by atoms with Gasteiger partial charge in [0.25, 0.3) is 0 Å². The second-order valence-corrected chi connectivity index (χ2v) is 3.89. The highest BCUT2D eigenvalue weighted by Crippen LogP contribution is 2.00. The molecule has 0 spiro atoms. The monoisotopic (exact) mass is 292 g/mol. The lowest BCUT2D eigenvalue weighted by Gasteiger charge is -2.02. The minimum Gasteiger partial charge on any atom is -0.460 e. The number of ether oxygens (including phenoxy) is 3. The van der Waals surface area contributed by atoms with Gasteiger partial charge in [-0.1, -0.05) is 30.3 Å². The van der Waals surface area contributed by atoms with Crippen molar-refractivity contribution in [3.63, 3.8) is 0 Å². The SMILES string of the molecule is COCCOC(=O)/C=C/C(=O)OCC(=O)c1ccccc1. The van der Waals surface area contributed by atoms with Crippen LogP contribution in [0, 0.1) is 0 Å². The fourth-order valence-corrected chi connectivity index (χ4v) is 1.30. The molecule has 0 aromatic heterocycles. The predicted octanol–water partition coefficient (Wildman–Crippen LogP) is 1.16. The van der Waals surface area contributed by atoms with Crippen LogP contribution in [0.15, 0.2) is 42.5 Å². The fraction of sp³-hybridized carbons (Fsp3) is 0.267. The first-order valence-electron chi connectivity index (χ1n) is 6.22. The fourth-order valence-electron chi connectivity index (χ4n) is 1.30. The Hall–Kier alpha value is -2.47. The number of rotatable bonds is 8. The van der Waals surface area contributed by atoms with Crippen LogP contribution in [0.2, 0.25) is 0 Å². The zero-order chi connectivity index (χ0) is 15.5. The molecule has 6 nitrogen and oxygen atoms in total. The third kappa shape index (κ3) is 7.03. The lowest BCUT2D eigenvalue weighted by Crippen LogP contribution is -2.13. The quantitative estimate of drug-likeness (QED) is 0.309. The number of methoxy groups -OCH3 is 1. The third-order valence-electron chi connectivity index (χ3n) is 2.33. The van der Waals surface area contributed by atoms with E-state index in [9.17, 15) is 14.4 Å². The molecule has 0 aliphatic heterocycles. The van der Waals surface area contributed by atoms with E-state index in [-0.39, 0.29) is 25.6 Å². The zero-order valence-electron chi connectivity index (χ0n) is 11.6. The van der Waals surface area contributed by atoms with Gasteiger partial charge in [0.2, 0.25) is 0 Å². The van der Waals surface area contributed by atoms with Gasteiger partial charge in [-0.3, -0.25) is 4.79 Å². The summed E-state index contributed by atoms with van der Waals surface area (Å²) in [6.07, 6.45) is 1.85. The summed E-state index contributed by atoms with van der Waals surface area (Å²) < 4.78 is 14.1. The average molecular weight is 292 g/mol. The summed E-state index contributed by atoms with van der Waals surface area (Å²) in [5.74, 6) is -1.79. The number of esters is 2. The van der Waals surface area contributed by atoms with Gasteiger partial charge in [0.1, 0.15) is 6.61 Å². The van der Waals surface area contributed by atoms with E-state index in [0.29, 0.717) is 5.56 Å². The first-order chi connectivity index (χ1) is 10.1.